The minimum Gasteiger partial charge on any atom is -0.373 e. The number of hydrogen-bond acceptors (Lipinski definition) is 3. The Bertz CT molecular complexity index is 628. The lowest BCUT2D eigenvalue weighted by molar-refractivity contribution is -0.127. The third-order valence-electron chi connectivity index (χ3n) is 5.08. The van der Waals surface area contributed by atoms with E-state index < -0.39 is 0 Å². The molecule has 2 rings (SSSR count). The lowest BCUT2D eigenvalue weighted by Gasteiger charge is -2.32. The van der Waals surface area contributed by atoms with Crippen LogP contribution >= 0.6 is 0 Å². The van der Waals surface area contributed by atoms with Crippen LogP contribution in [0, 0.1) is 12.8 Å². The monoisotopic (exact) mass is 388 g/mol. The van der Waals surface area contributed by atoms with Crippen LogP contribution in [0.4, 0.5) is 0 Å². The number of nitrogens with zero attached hydrogens (tertiary/aromatic N) is 2. The fourth-order valence-electron chi connectivity index (χ4n) is 3.25. The normalized spacial score (nSPS) is 19.9. The van der Waals surface area contributed by atoms with Gasteiger partial charge in [-0.15, -0.1) is 0 Å². The molecule has 0 aromatic heterocycles. The van der Waals surface area contributed by atoms with Crippen LogP contribution in [-0.4, -0.2) is 57.1 Å². The molecule has 2 unspecified atom stereocenters. The fraction of sp³-hybridized carbons (Fsp3) is 0.636. The van der Waals surface area contributed by atoms with Gasteiger partial charge in [-0.25, -0.2) is 4.99 Å². The number of hydrogen-bond donors (Lipinski definition) is 2. The van der Waals surface area contributed by atoms with E-state index in [4.69, 9.17) is 4.74 Å². The highest BCUT2D eigenvalue weighted by Crippen LogP contribution is 2.33. The molecular formula is C22H36N4O2. The highest BCUT2D eigenvalue weighted by molar-refractivity contribution is 5.84. The molecule has 0 bridgehead atoms. The summed E-state index contributed by atoms with van der Waals surface area (Å²) in [4.78, 5) is 17.9. The summed E-state index contributed by atoms with van der Waals surface area (Å²) in [5, 5.41) is 6.79. The second-order valence-corrected chi connectivity index (χ2v) is 7.72. The molecule has 1 heterocycles. The summed E-state index contributed by atoms with van der Waals surface area (Å²) >= 11 is 0. The SMILES string of the molecule is CCCCNC(=NCC(=O)N(C)C)NCC1CCCOC1c1ccc(C)cc1. The van der Waals surface area contributed by atoms with Crippen molar-refractivity contribution in [2.75, 3.05) is 40.3 Å². The second-order valence-electron chi connectivity index (χ2n) is 7.72. The molecular weight excluding hydrogens is 352 g/mol. The molecule has 1 aromatic rings. The molecule has 1 aliphatic rings. The predicted molar refractivity (Wildman–Crippen MR) is 115 cm³/mol. The Morgan fingerprint density at radius 1 is 1.25 bits per heavy atom. The largest absolute Gasteiger partial charge is 0.373 e. The van der Waals surface area contributed by atoms with Crippen molar-refractivity contribution in [2.24, 2.45) is 10.9 Å². The number of nitrogens with one attached hydrogen (secondary N) is 2. The van der Waals surface area contributed by atoms with Crippen LogP contribution < -0.4 is 10.6 Å². The van der Waals surface area contributed by atoms with E-state index in [9.17, 15) is 4.79 Å². The molecule has 1 amide bonds. The van der Waals surface area contributed by atoms with Crippen LogP contribution in [0.2, 0.25) is 0 Å². The number of aryl methyl sites for hydroxylation is 1. The Balaban J connectivity index is 2.00. The Kier molecular flexibility index (Phi) is 9.28. The number of rotatable bonds is 8. The first-order chi connectivity index (χ1) is 13.5. The first-order valence-corrected chi connectivity index (χ1v) is 10.4. The topological polar surface area (TPSA) is 66.0 Å². The Morgan fingerprint density at radius 2 is 2.00 bits per heavy atom. The highest BCUT2D eigenvalue weighted by Gasteiger charge is 2.27. The van der Waals surface area contributed by atoms with Crippen molar-refractivity contribution in [3.63, 3.8) is 0 Å². The van der Waals surface area contributed by atoms with Crippen molar-refractivity contribution in [3.8, 4) is 0 Å². The molecule has 1 saturated heterocycles. The zero-order valence-corrected chi connectivity index (χ0v) is 17.8. The molecule has 1 fully saturated rings. The van der Waals surface area contributed by atoms with Crippen molar-refractivity contribution in [2.45, 2.75) is 45.6 Å². The molecule has 6 heteroatoms. The van der Waals surface area contributed by atoms with Gasteiger partial charge >= 0.3 is 0 Å². The minimum atomic E-state index is -0.00452. The number of carbonyl (C=O) groups excluding carboxylic acids is 1. The van der Waals surface area contributed by atoms with Gasteiger partial charge in [0.05, 0.1) is 6.10 Å². The lowest BCUT2D eigenvalue weighted by Crippen LogP contribution is -2.43. The summed E-state index contributed by atoms with van der Waals surface area (Å²) < 4.78 is 6.12. The summed E-state index contributed by atoms with van der Waals surface area (Å²) in [6.45, 7) is 6.84. The van der Waals surface area contributed by atoms with Crippen molar-refractivity contribution in [1.29, 1.82) is 0 Å². The van der Waals surface area contributed by atoms with Crippen LogP contribution in [0.25, 0.3) is 0 Å². The number of amides is 1. The Hall–Kier alpha value is -2.08. The van der Waals surface area contributed by atoms with Crippen molar-refractivity contribution in [3.05, 3.63) is 35.4 Å². The molecule has 6 nitrogen and oxygen atoms in total. The van der Waals surface area contributed by atoms with Gasteiger partial charge in [-0.3, -0.25) is 4.79 Å². The summed E-state index contributed by atoms with van der Waals surface area (Å²) in [5.41, 5.74) is 2.49. The summed E-state index contributed by atoms with van der Waals surface area (Å²) in [7, 11) is 3.50. The average molecular weight is 389 g/mol. The van der Waals surface area contributed by atoms with Crippen LogP contribution in [-0.2, 0) is 9.53 Å². The van der Waals surface area contributed by atoms with E-state index >= 15 is 0 Å². The molecule has 2 N–H and O–H groups in total. The van der Waals surface area contributed by atoms with Crippen LogP contribution in [0.15, 0.2) is 29.3 Å². The molecule has 156 valence electrons. The van der Waals surface area contributed by atoms with Gasteiger partial charge in [-0.2, -0.15) is 0 Å². The molecule has 1 aliphatic heterocycles. The second kappa shape index (κ2) is 11.7. The first kappa shape index (κ1) is 22.2. The fourth-order valence-corrected chi connectivity index (χ4v) is 3.25. The third kappa shape index (κ3) is 7.15. The van der Waals surface area contributed by atoms with Crippen molar-refractivity contribution < 1.29 is 9.53 Å². The zero-order valence-electron chi connectivity index (χ0n) is 17.8. The summed E-state index contributed by atoms with van der Waals surface area (Å²) in [6.07, 6.45) is 4.47. The maximum atomic E-state index is 11.9. The highest BCUT2D eigenvalue weighted by atomic mass is 16.5. The van der Waals surface area contributed by atoms with Gasteiger partial charge in [-0.05, 0) is 31.7 Å². The standard InChI is InChI=1S/C22H36N4O2/c1-5-6-13-23-22(25-16-20(27)26(3)4)24-15-19-8-7-14-28-21(19)18-11-9-17(2)10-12-18/h9-12,19,21H,5-8,13-16H2,1-4H3,(H2,23,24,25). The van der Waals surface area contributed by atoms with Crippen molar-refractivity contribution >= 4 is 11.9 Å². The molecule has 28 heavy (non-hydrogen) atoms. The number of likely N-dealkylation sites (N-methyl/N-ethyl adjacent to an activating group) is 1. The van der Waals surface area contributed by atoms with Crippen LogP contribution in [0.1, 0.15) is 49.8 Å². The van der Waals surface area contributed by atoms with Gasteiger partial charge in [-0.1, -0.05) is 43.2 Å². The molecule has 0 radical (unpaired) electrons. The van der Waals surface area contributed by atoms with E-state index in [2.05, 4.69) is 53.7 Å². The number of aliphatic imine (C=N–C) groups is 1. The molecule has 2 atom stereocenters. The number of carbonyl (C=O) groups is 1. The maximum Gasteiger partial charge on any atom is 0.243 e. The van der Waals surface area contributed by atoms with Gasteiger partial charge in [0.25, 0.3) is 0 Å². The first-order valence-electron chi connectivity index (χ1n) is 10.4. The molecule has 0 aliphatic carbocycles. The van der Waals surface area contributed by atoms with Crippen LogP contribution in [0.5, 0.6) is 0 Å². The van der Waals surface area contributed by atoms with E-state index in [0.29, 0.717) is 11.9 Å². The number of benzene rings is 1. The number of guanidine groups is 1. The number of unbranched alkanes of at least 4 members (excludes halogenated alkanes) is 1. The van der Waals surface area contributed by atoms with Gasteiger partial charge in [0.2, 0.25) is 5.91 Å². The van der Waals surface area contributed by atoms with Gasteiger partial charge in [0.15, 0.2) is 5.96 Å². The Labute approximate surface area is 169 Å². The molecule has 0 spiro atoms. The van der Waals surface area contributed by atoms with Gasteiger partial charge in [0, 0.05) is 39.7 Å². The summed E-state index contributed by atoms with van der Waals surface area (Å²) in [5.74, 6) is 1.08. The lowest BCUT2D eigenvalue weighted by atomic mass is 9.89. The van der Waals surface area contributed by atoms with Crippen LogP contribution in [0.3, 0.4) is 0 Å². The van der Waals surface area contributed by atoms with E-state index in [1.165, 1.54) is 11.1 Å². The number of ether oxygens (including phenoxy) is 1. The minimum absolute atomic E-state index is 0.00452. The van der Waals surface area contributed by atoms with Gasteiger partial charge < -0.3 is 20.3 Å². The summed E-state index contributed by atoms with van der Waals surface area (Å²) in [6, 6.07) is 8.62. The molecule has 1 aromatic carbocycles. The van der Waals surface area contributed by atoms with E-state index in [1.807, 2.05) is 0 Å². The van der Waals surface area contributed by atoms with E-state index in [0.717, 1.165) is 45.4 Å². The Morgan fingerprint density at radius 3 is 2.68 bits per heavy atom. The average Bonchev–Trinajstić information content (AvgIpc) is 2.70. The van der Waals surface area contributed by atoms with Gasteiger partial charge in [0.1, 0.15) is 6.54 Å². The van der Waals surface area contributed by atoms with Crippen molar-refractivity contribution in [1.82, 2.24) is 15.5 Å². The predicted octanol–water partition coefficient (Wildman–Crippen LogP) is 2.89. The zero-order chi connectivity index (χ0) is 20.4. The molecule has 0 saturated carbocycles. The smallest absolute Gasteiger partial charge is 0.243 e. The quantitative estimate of drug-likeness (QED) is 0.408. The van der Waals surface area contributed by atoms with E-state index in [-0.39, 0.29) is 18.6 Å². The maximum absolute atomic E-state index is 11.9. The third-order valence-corrected chi connectivity index (χ3v) is 5.08. The van der Waals surface area contributed by atoms with E-state index in [1.54, 1.807) is 19.0 Å².